The Morgan fingerprint density at radius 1 is 1.08 bits per heavy atom. The Bertz CT molecular complexity index is 839. The molecule has 120 valence electrons. The molecule has 0 bridgehead atoms. The van der Waals surface area contributed by atoms with Gasteiger partial charge in [-0.1, -0.05) is 30.3 Å². The van der Waals surface area contributed by atoms with Crippen LogP contribution in [0.25, 0.3) is 17.3 Å². The Hall–Kier alpha value is -3.41. The van der Waals surface area contributed by atoms with Crippen LogP contribution in [0.4, 0.5) is 5.82 Å². The molecule has 0 atom stereocenters. The van der Waals surface area contributed by atoms with E-state index in [4.69, 9.17) is 9.37 Å². The van der Waals surface area contributed by atoms with Crippen LogP contribution in [0.15, 0.2) is 65.3 Å². The zero-order valence-corrected chi connectivity index (χ0v) is 13.0. The smallest absolute Gasteiger partial charge is 0.249 e. The van der Waals surface area contributed by atoms with Gasteiger partial charge in [-0.15, -0.1) is 0 Å². The van der Waals surface area contributed by atoms with Gasteiger partial charge in [0.05, 0.1) is 7.11 Å². The maximum atomic E-state index is 12.0. The normalized spacial score (nSPS) is 10.7. The second-order valence-corrected chi connectivity index (χ2v) is 4.92. The SMILES string of the molecule is COc1ccc(-c2nonc2NC(=O)/C=C/c2ccccc2)cc1. The fourth-order valence-electron chi connectivity index (χ4n) is 2.10. The molecule has 6 nitrogen and oxygen atoms in total. The van der Waals surface area contributed by atoms with Crippen molar-refractivity contribution in [3.63, 3.8) is 0 Å². The predicted octanol–water partition coefficient (Wildman–Crippen LogP) is 3.40. The van der Waals surface area contributed by atoms with Gasteiger partial charge in [0, 0.05) is 11.6 Å². The first kappa shape index (κ1) is 15.5. The third-order valence-electron chi connectivity index (χ3n) is 3.32. The Morgan fingerprint density at radius 2 is 1.83 bits per heavy atom. The number of methoxy groups -OCH3 is 1. The van der Waals surface area contributed by atoms with Crippen LogP contribution >= 0.6 is 0 Å². The van der Waals surface area contributed by atoms with Gasteiger partial charge in [0.2, 0.25) is 11.7 Å². The highest BCUT2D eigenvalue weighted by Gasteiger charge is 2.14. The predicted molar refractivity (Wildman–Crippen MR) is 90.4 cm³/mol. The van der Waals surface area contributed by atoms with Crippen molar-refractivity contribution in [2.24, 2.45) is 0 Å². The largest absolute Gasteiger partial charge is 0.497 e. The number of rotatable bonds is 5. The van der Waals surface area contributed by atoms with Gasteiger partial charge in [-0.25, -0.2) is 4.63 Å². The lowest BCUT2D eigenvalue weighted by molar-refractivity contribution is -0.111. The third kappa shape index (κ3) is 3.67. The molecule has 1 heterocycles. The maximum Gasteiger partial charge on any atom is 0.249 e. The van der Waals surface area contributed by atoms with Gasteiger partial charge in [-0.3, -0.25) is 4.79 Å². The van der Waals surface area contributed by atoms with Crippen LogP contribution in [-0.2, 0) is 4.79 Å². The van der Waals surface area contributed by atoms with E-state index in [1.807, 2.05) is 42.5 Å². The summed E-state index contributed by atoms with van der Waals surface area (Å²) >= 11 is 0. The lowest BCUT2D eigenvalue weighted by Gasteiger charge is -2.02. The quantitative estimate of drug-likeness (QED) is 0.729. The Labute approximate surface area is 138 Å². The molecule has 0 fully saturated rings. The second-order valence-electron chi connectivity index (χ2n) is 4.92. The highest BCUT2D eigenvalue weighted by atomic mass is 16.6. The van der Waals surface area contributed by atoms with Crippen molar-refractivity contribution < 1.29 is 14.2 Å². The topological polar surface area (TPSA) is 77.2 Å². The van der Waals surface area contributed by atoms with Crippen LogP contribution in [0, 0.1) is 0 Å². The number of carbonyl (C=O) groups is 1. The van der Waals surface area contributed by atoms with Crippen LogP contribution in [0.1, 0.15) is 5.56 Å². The second kappa shape index (κ2) is 7.23. The molecule has 0 radical (unpaired) electrons. The van der Waals surface area contributed by atoms with E-state index in [2.05, 4.69) is 15.6 Å². The molecule has 0 unspecified atom stereocenters. The molecule has 24 heavy (non-hydrogen) atoms. The maximum absolute atomic E-state index is 12.0. The van der Waals surface area contributed by atoms with E-state index in [9.17, 15) is 4.79 Å². The van der Waals surface area contributed by atoms with E-state index in [0.717, 1.165) is 16.9 Å². The Balaban J connectivity index is 1.73. The Morgan fingerprint density at radius 3 is 2.54 bits per heavy atom. The zero-order valence-electron chi connectivity index (χ0n) is 13.0. The van der Waals surface area contributed by atoms with E-state index in [1.54, 1.807) is 25.3 Å². The summed E-state index contributed by atoms with van der Waals surface area (Å²) in [6.45, 7) is 0. The molecule has 1 amide bonds. The molecule has 3 rings (SSSR count). The molecule has 0 spiro atoms. The van der Waals surface area contributed by atoms with E-state index >= 15 is 0 Å². The number of nitrogens with zero attached hydrogens (tertiary/aromatic N) is 2. The first-order valence-corrected chi connectivity index (χ1v) is 7.27. The van der Waals surface area contributed by atoms with Crippen molar-refractivity contribution >= 4 is 17.8 Å². The summed E-state index contributed by atoms with van der Waals surface area (Å²) in [5, 5.41) is 10.3. The van der Waals surface area contributed by atoms with Crippen LogP contribution in [-0.4, -0.2) is 23.3 Å². The van der Waals surface area contributed by atoms with E-state index in [1.165, 1.54) is 6.08 Å². The molecule has 2 aromatic carbocycles. The minimum Gasteiger partial charge on any atom is -0.497 e. The molecule has 0 aliphatic rings. The van der Waals surface area contributed by atoms with Gasteiger partial charge in [0.1, 0.15) is 5.75 Å². The molecular weight excluding hydrogens is 306 g/mol. The fourth-order valence-corrected chi connectivity index (χ4v) is 2.10. The number of carbonyl (C=O) groups excluding carboxylic acids is 1. The Kier molecular flexibility index (Phi) is 4.67. The van der Waals surface area contributed by atoms with Crippen molar-refractivity contribution in [3.05, 3.63) is 66.2 Å². The van der Waals surface area contributed by atoms with E-state index < -0.39 is 0 Å². The summed E-state index contributed by atoms with van der Waals surface area (Å²) in [6.07, 6.45) is 3.15. The number of hydrogen-bond donors (Lipinski definition) is 1. The average Bonchev–Trinajstić information content (AvgIpc) is 3.09. The molecule has 1 aromatic heterocycles. The highest BCUT2D eigenvalue weighted by Crippen LogP contribution is 2.26. The lowest BCUT2D eigenvalue weighted by atomic mass is 10.1. The first-order chi connectivity index (χ1) is 11.8. The van der Waals surface area contributed by atoms with Gasteiger partial charge in [-0.2, -0.15) is 0 Å². The summed E-state index contributed by atoms with van der Waals surface area (Å²) in [5.74, 6) is 0.679. The van der Waals surface area contributed by atoms with Crippen LogP contribution < -0.4 is 10.1 Å². The molecule has 0 saturated carbocycles. The molecular formula is C18H15N3O3. The van der Waals surface area contributed by atoms with Crippen molar-refractivity contribution in [3.8, 4) is 17.0 Å². The summed E-state index contributed by atoms with van der Waals surface area (Å²) in [7, 11) is 1.59. The number of aromatic nitrogens is 2. The molecule has 3 aromatic rings. The van der Waals surface area contributed by atoms with Gasteiger partial charge >= 0.3 is 0 Å². The average molecular weight is 321 g/mol. The molecule has 1 N–H and O–H groups in total. The van der Waals surface area contributed by atoms with Gasteiger partial charge < -0.3 is 10.1 Å². The molecule has 0 aliphatic carbocycles. The minimum absolute atomic E-state index is 0.267. The summed E-state index contributed by atoms with van der Waals surface area (Å²) in [5.41, 5.74) is 2.15. The van der Waals surface area contributed by atoms with Gasteiger partial charge in [-0.05, 0) is 46.2 Å². The number of hydrogen-bond acceptors (Lipinski definition) is 5. The number of ether oxygens (including phenoxy) is 1. The van der Waals surface area contributed by atoms with E-state index in [0.29, 0.717) is 5.69 Å². The third-order valence-corrected chi connectivity index (χ3v) is 3.32. The number of anilines is 1. The lowest BCUT2D eigenvalue weighted by Crippen LogP contribution is -2.09. The highest BCUT2D eigenvalue weighted by molar-refractivity contribution is 6.02. The summed E-state index contributed by atoms with van der Waals surface area (Å²) in [6, 6.07) is 16.8. The van der Waals surface area contributed by atoms with Crippen LogP contribution in [0.2, 0.25) is 0 Å². The monoisotopic (exact) mass is 321 g/mol. The van der Waals surface area contributed by atoms with Crippen molar-refractivity contribution in [2.75, 3.05) is 12.4 Å². The van der Waals surface area contributed by atoms with Gasteiger partial charge in [0.15, 0.2) is 5.69 Å². The summed E-state index contributed by atoms with van der Waals surface area (Å²) < 4.78 is 9.87. The van der Waals surface area contributed by atoms with Crippen LogP contribution in [0.3, 0.4) is 0 Å². The zero-order chi connectivity index (χ0) is 16.8. The van der Waals surface area contributed by atoms with Crippen molar-refractivity contribution in [1.29, 1.82) is 0 Å². The van der Waals surface area contributed by atoms with Crippen LogP contribution in [0.5, 0.6) is 5.75 Å². The van der Waals surface area contributed by atoms with E-state index in [-0.39, 0.29) is 11.7 Å². The molecule has 0 saturated heterocycles. The standard InChI is InChI=1S/C18H15N3O3/c1-23-15-10-8-14(9-11-15)17-18(21-24-20-17)19-16(22)12-7-13-5-3-2-4-6-13/h2-12H,1H3,(H,19,21,22)/b12-7+. The van der Waals surface area contributed by atoms with Crippen molar-refractivity contribution in [1.82, 2.24) is 10.3 Å². The fraction of sp³-hybridized carbons (Fsp3) is 0.0556. The van der Waals surface area contributed by atoms with Crippen molar-refractivity contribution in [2.45, 2.75) is 0 Å². The number of amides is 1. The first-order valence-electron chi connectivity index (χ1n) is 7.27. The molecule has 6 heteroatoms. The summed E-state index contributed by atoms with van der Waals surface area (Å²) in [4.78, 5) is 12.0. The molecule has 0 aliphatic heterocycles. The number of nitrogens with one attached hydrogen (secondary N) is 1. The number of benzene rings is 2. The van der Waals surface area contributed by atoms with Gasteiger partial charge in [0.25, 0.3) is 0 Å². The minimum atomic E-state index is -0.315.